The van der Waals surface area contributed by atoms with Gasteiger partial charge in [-0.25, -0.2) is 0 Å². The second kappa shape index (κ2) is 8.35. The van der Waals surface area contributed by atoms with Crippen molar-refractivity contribution in [1.29, 1.82) is 0 Å². The van der Waals surface area contributed by atoms with Gasteiger partial charge in [-0.2, -0.15) is 0 Å². The molecule has 1 aromatic carbocycles. The molecule has 1 atom stereocenters. The van der Waals surface area contributed by atoms with E-state index in [-0.39, 0.29) is 36.2 Å². The number of ether oxygens (including phenoxy) is 1. The van der Waals surface area contributed by atoms with Crippen LogP contribution in [0.3, 0.4) is 0 Å². The van der Waals surface area contributed by atoms with Crippen LogP contribution in [0.1, 0.15) is 23.7 Å². The van der Waals surface area contributed by atoms with Crippen LogP contribution in [0.25, 0.3) is 0 Å². The summed E-state index contributed by atoms with van der Waals surface area (Å²) in [6.07, 6.45) is 0.900. The van der Waals surface area contributed by atoms with E-state index in [0.29, 0.717) is 30.9 Å². The summed E-state index contributed by atoms with van der Waals surface area (Å²) in [7, 11) is 3.33. The van der Waals surface area contributed by atoms with Crippen LogP contribution in [-0.4, -0.2) is 62.0 Å². The minimum atomic E-state index is -0.149. The van der Waals surface area contributed by atoms with Crippen LogP contribution >= 0.6 is 12.4 Å². The van der Waals surface area contributed by atoms with Crippen LogP contribution in [0.2, 0.25) is 0 Å². The van der Waals surface area contributed by atoms with Gasteiger partial charge in [0.1, 0.15) is 5.75 Å². The van der Waals surface area contributed by atoms with Gasteiger partial charge in [0.25, 0.3) is 11.8 Å². The summed E-state index contributed by atoms with van der Waals surface area (Å²) in [4.78, 5) is 27.7. The number of rotatable bonds is 5. The van der Waals surface area contributed by atoms with Gasteiger partial charge in [0.15, 0.2) is 6.61 Å². The third-order valence-corrected chi connectivity index (χ3v) is 4.31. The average Bonchev–Trinajstić information content (AvgIpc) is 2.95. The third-order valence-electron chi connectivity index (χ3n) is 4.31. The highest BCUT2D eigenvalue weighted by Gasteiger charge is 2.35. The molecule has 1 heterocycles. The Kier molecular flexibility index (Phi) is 7.05. The molecule has 0 aromatic heterocycles. The molecule has 6 nitrogen and oxygen atoms in total. The van der Waals surface area contributed by atoms with E-state index in [9.17, 15) is 9.59 Å². The summed E-state index contributed by atoms with van der Waals surface area (Å²) in [6, 6.07) is 7.04. The molecule has 24 heavy (non-hydrogen) atoms. The Morgan fingerprint density at radius 2 is 2.00 bits per heavy atom. The standard InChI is InChI=1S/C17H25N3O3.ClH/c1-17(11-18)8-9-20(12-17)16(22)13-6-4-5-7-14(13)23-10-15(21)19(2)3;/h4-7H,8-12,18H2,1-3H3;1H. The zero-order chi connectivity index (χ0) is 17.0. The maximum atomic E-state index is 12.8. The number of benzene rings is 1. The van der Waals surface area contributed by atoms with Gasteiger partial charge >= 0.3 is 0 Å². The number of nitrogens with two attached hydrogens (primary N) is 1. The Morgan fingerprint density at radius 3 is 2.58 bits per heavy atom. The van der Waals surface area contributed by atoms with E-state index in [1.807, 2.05) is 4.90 Å². The lowest BCUT2D eigenvalue weighted by molar-refractivity contribution is -0.130. The SMILES string of the molecule is CN(C)C(=O)COc1ccccc1C(=O)N1CCC(C)(CN)C1.Cl. The van der Waals surface area contributed by atoms with Crippen LogP contribution < -0.4 is 10.5 Å². The second-order valence-electron chi connectivity index (χ2n) is 6.56. The Bertz CT molecular complexity index is 594. The largest absolute Gasteiger partial charge is 0.483 e. The molecule has 1 unspecified atom stereocenters. The minimum Gasteiger partial charge on any atom is -0.483 e. The number of para-hydroxylation sites is 1. The molecule has 0 radical (unpaired) electrons. The van der Waals surface area contributed by atoms with Crippen molar-refractivity contribution in [3.8, 4) is 5.75 Å². The van der Waals surface area contributed by atoms with Crippen molar-refractivity contribution < 1.29 is 14.3 Å². The van der Waals surface area contributed by atoms with E-state index < -0.39 is 0 Å². The number of carbonyl (C=O) groups excluding carboxylic acids is 2. The lowest BCUT2D eigenvalue weighted by Crippen LogP contribution is -2.34. The minimum absolute atomic E-state index is 0. The molecule has 0 bridgehead atoms. The molecule has 2 amide bonds. The van der Waals surface area contributed by atoms with Crippen LogP contribution in [0.5, 0.6) is 5.75 Å². The smallest absolute Gasteiger partial charge is 0.259 e. The summed E-state index contributed by atoms with van der Waals surface area (Å²) in [6.45, 7) is 3.91. The first-order valence-corrected chi connectivity index (χ1v) is 7.77. The molecular formula is C17H26ClN3O3. The van der Waals surface area contributed by atoms with Gasteiger partial charge in [0, 0.05) is 27.2 Å². The van der Waals surface area contributed by atoms with Crippen molar-refractivity contribution in [3.05, 3.63) is 29.8 Å². The number of carbonyl (C=O) groups is 2. The number of amides is 2. The normalized spacial score (nSPS) is 19.6. The monoisotopic (exact) mass is 355 g/mol. The van der Waals surface area contributed by atoms with Crippen molar-refractivity contribution in [1.82, 2.24) is 9.80 Å². The van der Waals surface area contributed by atoms with Gasteiger partial charge in [0.05, 0.1) is 5.56 Å². The first-order valence-electron chi connectivity index (χ1n) is 7.77. The fraction of sp³-hybridized carbons (Fsp3) is 0.529. The van der Waals surface area contributed by atoms with Gasteiger partial charge in [-0.3, -0.25) is 9.59 Å². The maximum absolute atomic E-state index is 12.8. The van der Waals surface area contributed by atoms with E-state index in [4.69, 9.17) is 10.5 Å². The quantitative estimate of drug-likeness (QED) is 0.866. The number of hydrogen-bond acceptors (Lipinski definition) is 4. The van der Waals surface area contributed by atoms with Gasteiger partial charge in [-0.15, -0.1) is 12.4 Å². The highest BCUT2D eigenvalue weighted by atomic mass is 35.5. The number of halogens is 1. The van der Waals surface area contributed by atoms with E-state index in [0.717, 1.165) is 6.42 Å². The van der Waals surface area contributed by atoms with Gasteiger partial charge in [0.2, 0.25) is 0 Å². The zero-order valence-corrected chi connectivity index (χ0v) is 15.3. The molecule has 1 saturated heterocycles. The van der Waals surface area contributed by atoms with Crippen LogP contribution in [0.15, 0.2) is 24.3 Å². The first kappa shape index (κ1) is 20.3. The highest BCUT2D eigenvalue weighted by Crippen LogP contribution is 2.31. The molecule has 134 valence electrons. The third kappa shape index (κ3) is 4.61. The van der Waals surface area contributed by atoms with Crippen molar-refractivity contribution >= 4 is 24.2 Å². The molecule has 0 spiro atoms. The molecule has 1 aliphatic heterocycles. The van der Waals surface area contributed by atoms with Crippen molar-refractivity contribution in [2.75, 3.05) is 40.3 Å². The fourth-order valence-electron chi connectivity index (χ4n) is 2.57. The molecule has 1 fully saturated rings. The average molecular weight is 356 g/mol. The molecule has 7 heteroatoms. The number of likely N-dealkylation sites (N-methyl/N-ethyl adjacent to an activating group) is 1. The zero-order valence-electron chi connectivity index (χ0n) is 14.4. The van der Waals surface area contributed by atoms with Gasteiger partial charge < -0.3 is 20.3 Å². The predicted octanol–water partition coefficient (Wildman–Crippen LogP) is 1.39. The highest BCUT2D eigenvalue weighted by molar-refractivity contribution is 5.97. The van der Waals surface area contributed by atoms with E-state index >= 15 is 0 Å². The summed E-state index contributed by atoms with van der Waals surface area (Å²) in [5, 5.41) is 0. The lowest BCUT2D eigenvalue weighted by atomic mass is 9.90. The molecule has 1 aromatic rings. The summed E-state index contributed by atoms with van der Waals surface area (Å²) < 4.78 is 5.56. The Labute approximate surface area is 149 Å². The van der Waals surface area contributed by atoms with Crippen molar-refractivity contribution in [3.63, 3.8) is 0 Å². The Balaban J connectivity index is 0.00000288. The first-order chi connectivity index (χ1) is 10.9. The van der Waals surface area contributed by atoms with E-state index in [1.165, 1.54) is 4.90 Å². The molecule has 0 aliphatic carbocycles. The summed E-state index contributed by atoms with van der Waals surface area (Å²) in [5.74, 6) is 0.216. The van der Waals surface area contributed by atoms with Crippen molar-refractivity contribution in [2.24, 2.45) is 11.1 Å². The van der Waals surface area contributed by atoms with E-state index in [2.05, 4.69) is 6.92 Å². The van der Waals surface area contributed by atoms with E-state index in [1.54, 1.807) is 38.4 Å². The summed E-state index contributed by atoms with van der Waals surface area (Å²) >= 11 is 0. The number of likely N-dealkylation sites (tertiary alicyclic amines) is 1. The fourth-order valence-corrected chi connectivity index (χ4v) is 2.57. The molecule has 1 aliphatic rings. The Hall–Kier alpha value is -1.79. The predicted molar refractivity (Wildman–Crippen MR) is 95.6 cm³/mol. The second-order valence-corrected chi connectivity index (χ2v) is 6.56. The topological polar surface area (TPSA) is 75.9 Å². The van der Waals surface area contributed by atoms with Crippen LogP contribution in [0.4, 0.5) is 0 Å². The van der Waals surface area contributed by atoms with Crippen molar-refractivity contribution in [2.45, 2.75) is 13.3 Å². The van der Waals surface area contributed by atoms with Crippen LogP contribution in [-0.2, 0) is 4.79 Å². The molecule has 2 N–H and O–H groups in total. The molecule has 2 rings (SSSR count). The number of hydrogen-bond donors (Lipinski definition) is 1. The van der Waals surface area contributed by atoms with Gasteiger partial charge in [-0.05, 0) is 30.5 Å². The van der Waals surface area contributed by atoms with Crippen LogP contribution in [0, 0.1) is 5.41 Å². The maximum Gasteiger partial charge on any atom is 0.259 e. The lowest BCUT2D eigenvalue weighted by Gasteiger charge is -2.23. The molecular weight excluding hydrogens is 330 g/mol. The Morgan fingerprint density at radius 1 is 1.33 bits per heavy atom. The molecule has 0 saturated carbocycles. The number of nitrogens with zero attached hydrogens (tertiary/aromatic N) is 2. The van der Waals surface area contributed by atoms with Gasteiger partial charge in [-0.1, -0.05) is 19.1 Å². The summed E-state index contributed by atoms with van der Waals surface area (Å²) in [5.41, 5.74) is 6.27.